The zero-order valence-electron chi connectivity index (χ0n) is 20.4. The maximum atomic E-state index is 5.02. The predicted octanol–water partition coefficient (Wildman–Crippen LogP) is 8.29. The van der Waals surface area contributed by atoms with Crippen molar-refractivity contribution in [2.24, 2.45) is 10.2 Å². The summed E-state index contributed by atoms with van der Waals surface area (Å²) in [6.07, 6.45) is 0. The van der Waals surface area contributed by atoms with E-state index in [1.807, 2.05) is 12.1 Å². The van der Waals surface area contributed by atoms with Gasteiger partial charge in [0.15, 0.2) is 0 Å². The second-order valence-electron chi connectivity index (χ2n) is 9.03. The molecule has 0 radical (unpaired) electrons. The summed E-state index contributed by atoms with van der Waals surface area (Å²) in [5.41, 5.74) is 9.67. The van der Waals surface area contributed by atoms with Crippen molar-refractivity contribution in [3.05, 3.63) is 179 Å². The molecule has 2 nitrogen and oxygen atoms in total. The van der Waals surface area contributed by atoms with Crippen LogP contribution in [0.2, 0.25) is 0 Å². The Kier molecular flexibility index (Phi) is 6.38. The van der Waals surface area contributed by atoms with E-state index in [1.54, 1.807) is 0 Å². The second kappa shape index (κ2) is 10.4. The SMILES string of the molecule is c1ccc(C2=NN=C(c3ccccc3)C(c3ccccc3)C(c3ccccc3)=C2c2ccccc2)cc1. The lowest BCUT2D eigenvalue weighted by molar-refractivity contribution is 1.12. The fourth-order valence-electron chi connectivity index (χ4n) is 5.05. The maximum Gasteiger partial charge on any atom is 0.101 e. The molecule has 0 saturated heterocycles. The van der Waals surface area contributed by atoms with Crippen LogP contribution in [0.4, 0.5) is 0 Å². The largest absolute Gasteiger partial charge is 0.153 e. The van der Waals surface area contributed by atoms with Crippen LogP contribution in [0.5, 0.6) is 0 Å². The molecule has 1 aliphatic heterocycles. The van der Waals surface area contributed by atoms with Gasteiger partial charge in [0.2, 0.25) is 0 Å². The van der Waals surface area contributed by atoms with E-state index in [4.69, 9.17) is 10.2 Å². The summed E-state index contributed by atoms with van der Waals surface area (Å²) in [5.74, 6) is -0.119. The van der Waals surface area contributed by atoms with E-state index in [9.17, 15) is 0 Å². The van der Waals surface area contributed by atoms with Crippen LogP contribution < -0.4 is 0 Å². The number of hydrogen-bond acceptors (Lipinski definition) is 2. The van der Waals surface area contributed by atoms with Crippen LogP contribution in [-0.4, -0.2) is 11.4 Å². The molecule has 176 valence electrons. The molecule has 0 saturated carbocycles. The summed E-state index contributed by atoms with van der Waals surface area (Å²) in [7, 11) is 0. The fraction of sp³-hybridized carbons (Fsp3) is 0.0286. The van der Waals surface area contributed by atoms with E-state index >= 15 is 0 Å². The Morgan fingerprint density at radius 1 is 0.378 bits per heavy atom. The topological polar surface area (TPSA) is 24.7 Å². The average molecular weight is 475 g/mol. The fourth-order valence-corrected chi connectivity index (χ4v) is 5.05. The van der Waals surface area contributed by atoms with Crippen molar-refractivity contribution in [1.29, 1.82) is 0 Å². The molecule has 6 rings (SSSR count). The van der Waals surface area contributed by atoms with Gasteiger partial charge in [0.05, 0.1) is 11.6 Å². The Morgan fingerprint density at radius 3 is 1.35 bits per heavy atom. The molecule has 1 heterocycles. The minimum absolute atomic E-state index is 0.119. The zero-order valence-corrected chi connectivity index (χ0v) is 20.4. The van der Waals surface area contributed by atoms with Crippen LogP contribution in [0, 0.1) is 0 Å². The van der Waals surface area contributed by atoms with Crippen LogP contribution in [0.1, 0.15) is 33.7 Å². The minimum Gasteiger partial charge on any atom is -0.153 e. The summed E-state index contributed by atoms with van der Waals surface area (Å²) in [6, 6.07) is 52.8. The van der Waals surface area contributed by atoms with Gasteiger partial charge in [-0.1, -0.05) is 152 Å². The standard InChI is InChI=1S/C35H26N2/c1-6-16-26(17-7-1)31-32(27-18-8-2-9-19-27)34(29-22-12-4-13-23-29)36-37-35(30-24-14-5-15-25-30)33(31)28-20-10-3-11-21-28/h1-25,32H. The molecular formula is C35H26N2. The van der Waals surface area contributed by atoms with Crippen molar-refractivity contribution in [3.63, 3.8) is 0 Å². The van der Waals surface area contributed by atoms with Gasteiger partial charge in [-0.2, -0.15) is 5.10 Å². The summed E-state index contributed by atoms with van der Waals surface area (Å²) in [5, 5.41) is 10.0. The van der Waals surface area contributed by atoms with E-state index in [1.165, 1.54) is 11.1 Å². The number of hydrogen-bond donors (Lipinski definition) is 0. The van der Waals surface area contributed by atoms with Crippen molar-refractivity contribution in [2.75, 3.05) is 0 Å². The van der Waals surface area contributed by atoms with Gasteiger partial charge in [-0.3, -0.25) is 0 Å². The third-order valence-corrected chi connectivity index (χ3v) is 6.72. The van der Waals surface area contributed by atoms with Crippen LogP contribution >= 0.6 is 0 Å². The highest BCUT2D eigenvalue weighted by Gasteiger charge is 2.32. The first-order chi connectivity index (χ1) is 18.4. The molecule has 0 aromatic heterocycles. The molecule has 0 amide bonds. The molecular weight excluding hydrogens is 448 g/mol. The summed E-state index contributed by atoms with van der Waals surface area (Å²) in [4.78, 5) is 0. The van der Waals surface area contributed by atoms with Crippen molar-refractivity contribution in [3.8, 4) is 0 Å². The summed E-state index contributed by atoms with van der Waals surface area (Å²) in [6.45, 7) is 0. The van der Waals surface area contributed by atoms with E-state index in [2.05, 4.69) is 140 Å². The molecule has 5 aromatic rings. The van der Waals surface area contributed by atoms with Gasteiger partial charge in [0, 0.05) is 11.1 Å². The lowest BCUT2D eigenvalue weighted by Crippen LogP contribution is -2.17. The van der Waals surface area contributed by atoms with Gasteiger partial charge in [0.1, 0.15) is 5.71 Å². The highest BCUT2D eigenvalue weighted by molar-refractivity contribution is 6.39. The average Bonchev–Trinajstić information content (AvgIpc) is 3.17. The number of allylic oxidation sites excluding steroid dienone is 2. The molecule has 0 fully saturated rings. The lowest BCUT2D eigenvalue weighted by atomic mass is 9.76. The summed E-state index contributed by atoms with van der Waals surface area (Å²) >= 11 is 0. The molecule has 0 spiro atoms. The Balaban J connectivity index is 1.76. The molecule has 0 bridgehead atoms. The van der Waals surface area contributed by atoms with Gasteiger partial charge in [-0.15, -0.1) is 5.10 Å². The maximum absolute atomic E-state index is 5.02. The van der Waals surface area contributed by atoms with Crippen molar-refractivity contribution in [1.82, 2.24) is 0 Å². The number of nitrogens with zero attached hydrogens (tertiary/aromatic N) is 2. The van der Waals surface area contributed by atoms with Crippen LogP contribution in [-0.2, 0) is 0 Å². The first-order valence-corrected chi connectivity index (χ1v) is 12.6. The van der Waals surface area contributed by atoms with E-state index in [0.717, 1.165) is 39.3 Å². The Morgan fingerprint density at radius 2 is 0.811 bits per heavy atom. The van der Waals surface area contributed by atoms with Crippen molar-refractivity contribution in [2.45, 2.75) is 5.92 Å². The minimum atomic E-state index is -0.119. The van der Waals surface area contributed by atoms with Crippen LogP contribution in [0.3, 0.4) is 0 Å². The third-order valence-electron chi connectivity index (χ3n) is 6.72. The molecule has 0 N–H and O–H groups in total. The smallest absolute Gasteiger partial charge is 0.101 e. The normalized spacial score (nSPS) is 15.5. The van der Waals surface area contributed by atoms with Crippen LogP contribution in [0.25, 0.3) is 11.1 Å². The Bertz CT molecular complexity index is 1570. The highest BCUT2D eigenvalue weighted by atomic mass is 15.2. The van der Waals surface area contributed by atoms with Gasteiger partial charge in [-0.05, 0) is 27.8 Å². The van der Waals surface area contributed by atoms with E-state index in [0.29, 0.717) is 0 Å². The summed E-state index contributed by atoms with van der Waals surface area (Å²) < 4.78 is 0. The van der Waals surface area contributed by atoms with Crippen molar-refractivity contribution >= 4 is 22.6 Å². The lowest BCUT2D eigenvalue weighted by Gasteiger charge is -2.25. The molecule has 1 atom stereocenters. The first-order valence-electron chi connectivity index (χ1n) is 12.6. The van der Waals surface area contributed by atoms with Gasteiger partial charge >= 0.3 is 0 Å². The first kappa shape index (κ1) is 22.6. The molecule has 2 heteroatoms. The van der Waals surface area contributed by atoms with E-state index < -0.39 is 0 Å². The molecule has 1 aliphatic rings. The number of rotatable bonds is 5. The third kappa shape index (κ3) is 4.57. The highest BCUT2D eigenvalue weighted by Crippen LogP contribution is 2.43. The van der Waals surface area contributed by atoms with Crippen LogP contribution in [0.15, 0.2) is 162 Å². The molecule has 5 aromatic carbocycles. The number of benzene rings is 5. The monoisotopic (exact) mass is 474 g/mol. The van der Waals surface area contributed by atoms with Gasteiger partial charge in [-0.25, -0.2) is 0 Å². The Labute approximate surface area is 218 Å². The predicted molar refractivity (Wildman–Crippen MR) is 155 cm³/mol. The Hall–Kier alpha value is -4.82. The van der Waals surface area contributed by atoms with Crippen molar-refractivity contribution < 1.29 is 0 Å². The van der Waals surface area contributed by atoms with E-state index in [-0.39, 0.29) is 5.92 Å². The quantitative estimate of drug-likeness (QED) is 0.245. The van der Waals surface area contributed by atoms with Gasteiger partial charge < -0.3 is 0 Å². The molecule has 37 heavy (non-hydrogen) atoms. The molecule has 1 unspecified atom stereocenters. The zero-order chi connectivity index (χ0) is 24.9. The van der Waals surface area contributed by atoms with Gasteiger partial charge in [0.25, 0.3) is 0 Å². The second-order valence-corrected chi connectivity index (χ2v) is 9.03. The molecule has 0 aliphatic carbocycles.